The summed E-state index contributed by atoms with van der Waals surface area (Å²) >= 11 is 0. The maximum Gasteiger partial charge on any atom is 0.123 e. The molecule has 0 aliphatic carbocycles. The monoisotopic (exact) mass is 228 g/mol. The van der Waals surface area contributed by atoms with Crippen LogP contribution in [0.2, 0.25) is 0 Å². The van der Waals surface area contributed by atoms with Crippen molar-refractivity contribution in [3.63, 3.8) is 0 Å². The van der Waals surface area contributed by atoms with Crippen molar-refractivity contribution in [3.8, 4) is 17.6 Å². The second kappa shape index (κ2) is 5.27. The highest BCUT2D eigenvalue weighted by atomic mass is 16.5. The van der Waals surface area contributed by atoms with Crippen LogP contribution in [0.4, 0.5) is 0 Å². The molecule has 1 aliphatic heterocycles. The average molecular weight is 228 g/mol. The zero-order valence-corrected chi connectivity index (χ0v) is 10.8. The summed E-state index contributed by atoms with van der Waals surface area (Å²) in [5, 5.41) is 0. The fourth-order valence-electron chi connectivity index (χ4n) is 2.16. The molecule has 90 valence electrons. The minimum absolute atomic E-state index is 0.0792. The van der Waals surface area contributed by atoms with Crippen molar-refractivity contribution in [2.75, 3.05) is 6.61 Å². The van der Waals surface area contributed by atoms with Crippen LogP contribution < -0.4 is 4.74 Å². The highest BCUT2D eigenvalue weighted by molar-refractivity contribution is 5.43. The molecule has 0 spiro atoms. The summed E-state index contributed by atoms with van der Waals surface area (Å²) in [6, 6.07) is 8.31. The van der Waals surface area contributed by atoms with Gasteiger partial charge in [0.05, 0.1) is 6.61 Å². The fraction of sp³-hybridized carbons (Fsp3) is 0.500. The van der Waals surface area contributed by atoms with E-state index in [9.17, 15) is 0 Å². The Bertz CT molecular complexity index is 438. The molecular formula is C16H20O. The van der Waals surface area contributed by atoms with E-state index in [0.717, 1.165) is 25.2 Å². The van der Waals surface area contributed by atoms with Crippen LogP contribution in [0, 0.1) is 11.8 Å². The summed E-state index contributed by atoms with van der Waals surface area (Å²) in [5.74, 6) is 7.61. The molecule has 1 aromatic carbocycles. The third kappa shape index (κ3) is 2.64. The maximum absolute atomic E-state index is 5.72. The van der Waals surface area contributed by atoms with Crippen molar-refractivity contribution in [2.45, 2.75) is 44.9 Å². The van der Waals surface area contributed by atoms with Crippen LogP contribution >= 0.6 is 0 Å². The second-order valence-corrected chi connectivity index (χ2v) is 4.98. The number of fused-ring (bicyclic) bond motifs is 1. The van der Waals surface area contributed by atoms with Gasteiger partial charge in [-0.1, -0.05) is 38.5 Å². The third-order valence-electron chi connectivity index (χ3n) is 3.34. The van der Waals surface area contributed by atoms with E-state index in [-0.39, 0.29) is 5.41 Å². The molecule has 0 fully saturated rings. The normalized spacial score (nSPS) is 21.3. The van der Waals surface area contributed by atoms with Gasteiger partial charge >= 0.3 is 0 Å². The van der Waals surface area contributed by atoms with Crippen LogP contribution in [-0.2, 0) is 5.41 Å². The van der Waals surface area contributed by atoms with Crippen LogP contribution in [-0.4, -0.2) is 6.61 Å². The largest absolute Gasteiger partial charge is 0.492 e. The Morgan fingerprint density at radius 2 is 2.12 bits per heavy atom. The van der Waals surface area contributed by atoms with Crippen molar-refractivity contribution >= 4 is 0 Å². The Morgan fingerprint density at radius 3 is 2.94 bits per heavy atom. The predicted octanol–water partition coefficient (Wildman–Crippen LogP) is 3.92. The van der Waals surface area contributed by atoms with E-state index in [1.54, 1.807) is 0 Å². The number of rotatable bonds is 3. The first-order valence-corrected chi connectivity index (χ1v) is 6.44. The summed E-state index contributed by atoms with van der Waals surface area (Å²) in [6.07, 6.45) is 4.34. The van der Waals surface area contributed by atoms with Crippen LogP contribution in [0.5, 0.6) is 5.75 Å². The molecule has 17 heavy (non-hydrogen) atoms. The summed E-state index contributed by atoms with van der Waals surface area (Å²) in [5.41, 5.74) is 1.39. The summed E-state index contributed by atoms with van der Waals surface area (Å²) < 4.78 is 5.72. The van der Waals surface area contributed by atoms with Crippen molar-refractivity contribution in [1.82, 2.24) is 0 Å². The zero-order valence-electron chi connectivity index (χ0n) is 10.8. The molecule has 1 heterocycles. The first-order valence-electron chi connectivity index (χ1n) is 6.44. The van der Waals surface area contributed by atoms with Crippen LogP contribution in [0.25, 0.3) is 0 Å². The molecule has 1 unspecified atom stereocenters. The topological polar surface area (TPSA) is 9.23 Å². The van der Waals surface area contributed by atoms with E-state index in [2.05, 4.69) is 37.8 Å². The molecule has 1 aliphatic rings. The molecule has 0 aromatic heterocycles. The minimum atomic E-state index is 0.0792. The molecule has 0 saturated heterocycles. The van der Waals surface area contributed by atoms with Crippen molar-refractivity contribution in [1.29, 1.82) is 0 Å². The fourth-order valence-corrected chi connectivity index (χ4v) is 2.16. The minimum Gasteiger partial charge on any atom is -0.492 e. The Labute approximate surface area is 104 Å². The number of ether oxygens (including phenoxy) is 1. The first kappa shape index (κ1) is 12.0. The summed E-state index contributed by atoms with van der Waals surface area (Å²) in [7, 11) is 0. The smallest absolute Gasteiger partial charge is 0.123 e. The van der Waals surface area contributed by atoms with E-state index in [1.165, 1.54) is 18.4 Å². The second-order valence-electron chi connectivity index (χ2n) is 4.98. The molecule has 1 aromatic rings. The quantitative estimate of drug-likeness (QED) is 0.563. The lowest BCUT2D eigenvalue weighted by molar-refractivity contribution is 0.281. The van der Waals surface area contributed by atoms with Gasteiger partial charge in [-0.2, -0.15) is 0 Å². The van der Waals surface area contributed by atoms with Gasteiger partial charge in [0.15, 0.2) is 0 Å². The van der Waals surface area contributed by atoms with Gasteiger partial charge in [-0.05, 0) is 12.5 Å². The average Bonchev–Trinajstić information content (AvgIpc) is 2.68. The van der Waals surface area contributed by atoms with Crippen molar-refractivity contribution in [2.24, 2.45) is 0 Å². The lowest BCUT2D eigenvalue weighted by Gasteiger charge is -2.19. The Hall–Kier alpha value is -1.42. The van der Waals surface area contributed by atoms with E-state index in [0.29, 0.717) is 0 Å². The highest BCUT2D eigenvalue weighted by Crippen LogP contribution is 2.40. The van der Waals surface area contributed by atoms with Gasteiger partial charge in [0.25, 0.3) is 0 Å². The van der Waals surface area contributed by atoms with Gasteiger partial charge in [-0.3, -0.25) is 0 Å². The van der Waals surface area contributed by atoms with Gasteiger partial charge in [0.2, 0.25) is 0 Å². The van der Waals surface area contributed by atoms with E-state index in [1.807, 2.05) is 12.1 Å². The molecular weight excluding hydrogens is 208 g/mol. The van der Waals surface area contributed by atoms with Gasteiger partial charge in [0.1, 0.15) is 5.75 Å². The number of hydrogen-bond donors (Lipinski definition) is 0. The van der Waals surface area contributed by atoms with Crippen LogP contribution in [0.15, 0.2) is 24.3 Å². The molecule has 0 bridgehead atoms. The van der Waals surface area contributed by atoms with Gasteiger partial charge < -0.3 is 4.74 Å². The zero-order chi connectivity index (χ0) is 12.1. The van der Waals surface area contributed by atoms with Crippen LogP contribution in [0.3, 0.4) is 0 Å². The van der Waals surface area contributed by atoms with Gasteiger partial charge in [-0.25, -0.2) is 0 Å². The predicted molar refractivity (Wildman–Crippen MR) is 71.2 cm³/mol. The molecule has 0 N–H and O–H groups in total. The van der Waals surface area contributed by atoms with E-state index < -0.39 is 0 Å². The molecule has 1 atom stereocenters. The lowest BCUT2D eigenvalue weighted by atomic mass is 9.82. The molecule has 0 amide bonds. The standard InChI is InChI=1S/C16H20O/c1-3-4-5-6-9-12-16(2)13-17-15-11-8-7-10-14(15)16/h7-8,10-11H,3-5,12-13H2,1-2H3. The molecule has 1 nitrogen and oxygen atoms in total. The van der Waals surface area contributed by atoms with Crippen LogP contribution in [0.1, 0.15) is 45.1 Å². The number of benzene rings is 1. The molecule has 0 radical (unpaired) electrons. The Kier molecular flexibility index (Phi) is 3.74. The van der Waals surface area contributed by atoms with Crippen molar-refractivity contribution < 1.29 is 4.74 Å². The van der Waals surface area contributed by atoms with Crippen molar-refractivity contribution in [3.05, 3.63) is 29.8 Å². The number of unbranched alkanes of at least 4 members (excludes halogenated alkanes) is 2. The molecule has 1 heteroatoms. The van der Waals surface area contributed by atoms with Gasteiger partial charge in [0, 0.05) is 23.8 Å². The SMILES string of the molecule is CCCCC#CCC1(C)COc2ccccc21. The van der Waals surface area contributed by atoms with E-state index >= 15 is 0 Å². The van der Waals surface area contributed by atoms with E-state index in [4.69, 9.17) is 4.74 Å². The maximum atomic E-state index is 5.72. The molecule has 0 saturated carbocycles. The highest BCUT2D eigenvalue weighted by Gasteiger charge is 2.35. The third-order valence-corrected chi connectivity index (χ3v) is 3.34. The summed E-state index contributed by atoms with van der Waals surface area (Å²) in [6.45, 7) is 5.20. The Morgan fingerprint density at radius 1 is 1.29 bits per heavy atom. The summed E-state index contributed by atoms with van der Waals surface area (Å²) in [4.78, 5) is 0. The molecule has 2 rings (SSSR count). The Balaban J connectivity index is 2.03. The first-order chi connectivity index (χ1) is 8.26. The number of para-hydroxylation sites is 1. The van der Waals surface area contributed by atoms with Gasteiger partial charge in [-0.15, -0.1) is 11.8 Å². The number of hydrogen-bond acceptors (Lipinski definition) is 1. The lowest BCUT2D eigenvalue weighted by Crippen LogP contribution is -2.22.